The van der Waals surface area contributed by atoms with E-state index < -0.39 is 5.91 Å². The lowest BCUT2D eigenvalue weighted by Gasteiger charge is -2.21. The van der Waals surface area contributed by atoms with E-state index >= 15 is 0 Å². The molecule has 0 unspecified atom stereocenters. The van der Waals surface area contributed by atoms with E-state index in [1.54, 1.807) is 51.7 Å². The average molecular weight is 475 g/mol. The summed E-state index contributed by atoms with van der Waals surface area (Å²) in [6, 6.07) is 17.9. The lowest BCUT2D eigenvalue weighted by Crippen LogP contribution is -2.27. The summed E-state index contributed by atoms with van der Waals surface area (Å²) in [6.45, 7) is 0.431. The average Bonchev–Trinajstić information content (AvgIpc) is 2.88. The Morgan fingerprint density at radius 3 is 2.49 bits per heavy atom. The van der Waals surface area contributed by atoms with Gasteiger partial charge in [-0.25, -0.2) is 0 Å². The molecule has 35 heavy (non-hydrogen) atoms. The highest BCUT2D eigenvalue weighted by Gasteiger charge is 2.23. The molecule has 0 aromatic heterocycles. The quantitative estimate of drug-likeness (QED) is 0.478. The Kier molecular flexibility index (Phi) is 7.21. The minimum atomic E-state index is -0.408. The van der Waals surface area contributed by atoms with E-state index in [9.17, 15) is 9.59 Å². The van der Waals surface area contributed by atoms with Crippen LogP contribution >= 0.6 is 0 Å². The van der Waals surface area contributed by atoms with Gasteiger partial charge in [0.15, 0.2) is 23.0 Å². The molecular formula is C27H26N2O6. The van der Waals surface area contributed by atoms with Gasteiger partial charge in [-0.2, -0.15) is 0 Å². The smallest absolute Gasteiger partial charge is 0.291 e. The first-order valence-corrected chi connectivity index (χ1v) is 11.0. The molecule has 8 heteroatoms. The maximum Gasteiger partial charge on any atom is 0.291 e. The van der Waals surface area contributed by atoms with E-state index in [1.807, 2.05) is 36.4 Å². The topological polar surface area (TPSA) is 95.1 Å². The van der Waals surface area contributed by atoms with Crippen molar-refractivity contribution >= 4 is 23.6 Å². The number of ether oxygens (including phenoxy) is 4. The molecule has 0 saturated heterocycles. The number of para-hydroxylation sites is 1. The summed E-state index contributed by atoms with van der Waals surface area (Å²) in [4.78, 5) is 25.3. The fraction of sp³-hybridized carbons (Fsp3) is 0.185. The van der Waals surface area contributed by atoms with Crippen LogP contribution in [0.4, 0.5) is 5.69 Å². The molecule has 0 bridgehead atoms. The summed E-state index contributed by atoms with van der Waals surface area (Å²) in [5.74, 6) is 1.84. The largest absolute Gasteiger partial charge is 0.496 e. The normalized spacial score (nSPS) is 13.3. The summed E-state index contributed by atoms with van der Waals surface area (Å²) in [5, 5.41) is 5.69. The van der Waals surface area contributed by atoms with Crippen LogP contribution in [-0.4, -0.2) is 39.7 Å². The van der Waals surface area contributed by atoms with Crippen LogP contribution in [0.15, 0.2) is 66.4 Å². The van der Waals surface area contributed by atoms with E-state index in [4.69, 9.17) is 18.9 Å². The summed E-state index contributed by atoms with van der Waals surface area (Å²) in [5.41, 5.74) is 2.56. The monoisotopic (exact) mass is 474 g/mol. The standard InChI is InChI=1S/C27H26N2O6/c1-32-21-7-5-4-6-18(21)16-25-27(31)29-20-15-19(9-11-22(20)35-25)26(30)28-13-12-17-8-10-23(33-2)24(14-17)34-3/h4-11,14-16H,12-13H2,1-3H3,(H,28,30)(H,29,31). The Hall–Kier alpha value is -4.46. The molecule has 1 heterocycles. The van der Waals surface area contributed by atoms with Gasteiger partial charge in [0.2, 0.25) is 0 Å². The van der Waals surface area contributed by atoms with Crippen LogP contribution in [0.2, 0.25) is 0 Å². The van der Waals surface area contributed by atoms with Crippen LogP contribution < -0.4 is 29.6 Å². The first-order chi connectivity index (χ1) is 17.0. The predicted octanol–water partition coefficient (Wildman–Crippen LogP) is 4.06. The zero-order valence-electron chi connectivity index (χ0n) is 19.7. The van der Waals surface area contributed by atoms with Gasteiger partial charge >= 0.3 is 0 Å². The number of amides is 2. The molecular weight excluding hydrogens is 448 g/mol. The fourth-order valence-corrected chi connectivity index (χ4v) is 3.69. The third-order valence-corrected chi connectivity index (χ3v) is 5.51. The Bertz CT molecular complexity index is 1280. The molecule has 1 aliphatic heterocycles. The number of carbonyl (C=O) groups excluding carboxylic acids is 2. The Morgan fingerprint density at radius 1 is 0.943 bits per heavy atom. The third kappa shape index (κ3) is 5.38. The van der Waals surface area contributed by atoms with Gasteiger partial charge in [0.25, 0.3) is 11.8 Å². The maximum atomic E-state index is 12.7. The highest BCUT2D eigenvalue weighted by molar-refractivity contribution is 6.09. The van der Waals surface area contributed by atoms with Crippen molar-refractivity contribution in [2.75, 3.05) is 33.2 Å². The molecule has 0 aliphatic carbocycles. The van der Waals surface area contributed by atoms with E-state index in [-0.39, 0.29) is 11.7 Å². The molecule has 180 valence electrons. The molecule has 8 nitrogen and oxygen atoms in total. The number of benzene rings is 3. The summed E-state index contributed by atoms with van der Waals surface area (Å²) in [7, 11) is 4.73. The van der Waals surface area contributed by atoms with Crippen molar-refractivity contribution in [1.29, 1.82) is 0 Å². The van der Waals surface area contributed by atoms with Gasteiger partial charge in [-0.05, 0) is 54.5 Å². The Labute approximate surface area is 203 Å². The highest BCUT2D eigenvalue weighted by atomic mass is 16.5. The number of hydrogen-bond donors (Lipinski definition) is 2. The van der Waals surface area contributed by atoms with Gasteiger partial charge in [-0.1, -0.05) is 24.3 Å². The van der Waals surface area contributed by atoms with Gasteiger partial charge in [-0.15, -0.1) is 0 Å². The van der Waals surface area contributed by atoms with E-state index in [0.29, 0.717) is 52.8 Å². The second-order valence-electron chi connectivity index (χ2n) is 7.71. The van der Waals surface area contributed by atoms with Crippen LogP contribution in [0.3, 0.4) is 0 Å². The van der Waals surface area contributed by atoms with Crippen LogP contribution in [0.1, 0.15) is 21.5 Å². The molecule has 0 saturated carbocycles. The molecule has 2 amide bonds. The Balaban J connectivity index is 1.41. The second-order valence-corrected chi connectivity index (χ2v) is 7.71. The number of rotatable bonds is 8. The molecule has 2 N–H and O–H groups in total. The lowest BCUT2D eigenvalue weighted by atomic mass is 10.1. The second kappa shape index (κ2) is 10.6. The van der Waals surface area contributed by atoms with Crippen LogP contribution in [0.5, 0.6) is 23.0 Å². The predicted molar refractivity (Wildman–Crippen MR) is 132 cm³/mol. The number of anilines is 1. The minimum absolute atomic E-state index is 0.133. The molecule has 0 atom stereocenters. The summed E-state index contributed by atoms with van der Waals surface area (Å²) >= 11 is 0. The molecule has 0 fully saturated rings. The third-order valence-electron chi connectivity index (χ3n) is 5.51. The van der Waals surface area contributed by atoms with E-state index in [2.05, 4.69) is 10.6 Å². The van der Waals surface area contributed by atoms with Crippen LogP contribution in [0.25, 0.3) is 6.08 Å². The van der Waals surface area contributed by atoms with E-state index in [1.165, 1.54) is 0 Å². The van der Waals surface area contributed by atoms with Gasteiger partial charge in [0.05, 0.1) is 27.0 Å². The van der Waals surface area contributed by atoms with Crippen LogP contribution in [0, 0.1) is 0 Å². The van der Waals surface area contributed by atoms with E-state index in [0.717, 1.165) is 5.56 Å². The van der Waals surface area contributed by atoms with Crippen molar-refractivity contribution in [3.63, 3.8) is 0 Å². The van der Waals surface area contributed by atoms with Crippen molar-refractivity contribution in [3.8, 4) is 23.0 Å². The molecule has 3 aromatic carbocycles. The first-order valence-electron chi connectivity index (χ1n) is 11.0. The van der Waals surface area contributed by atoms with Gasteiger partial charge in [-0.3, -0.25) is 9.59 Å². The summed E-state index contributed by atoms with van der Waals surface area (Å²) < 4.78 is 21.7. The summed E-state index contributed by atoms with van der Waals surface area (Å²) in [6.07, 6.45) is 2.24. The molecule has 0 radical (unpaired) electrons. The molecule has 4 rings (SSSR count). The van der Waals surface area contributed by atoms with Gasteiger partial charge < -0.3 is 29.6 Å². The van der Waals surface area contributed by atoms with Crippen molar-refractivity contribution in [2.45, 2.75) is 6.42 Å². The molecule has 0 spiro atoms. The van der Waals surface area contributed by atoms with Gasteiger partial charge in [0, 0.05) is 17.7 Å². The van der Waals surface area contributed by atoms with Crippen molar-refractivity contribution in [3.05, 3.63) is 83.1 Å². The van der Waals surface area contributed by atoms with Crippen molar-refractivity contribution < 1.29 is 28.5 Å². The number of fused-ring (bicyclic) bond motifs is 1. The minimum Gasteiger partial charge on any atom is -0.496 e. The Morgan fingerprint density at radius 2 is 1.71 bits per heavy atom. The molecule has 1 aliphatic rings. The van der Waals surface area contributed by atoms with Crippen molar-refractivity contribution in [2.24, 2.45) is 0 Å². The highest BCUT2D eigenvalue weighted by Crippen LogP contribution is 2.33. The SMILES string of the molecule is COc1ccccc1C=C1Oc2ccc(C(=O)NCCc3ccc(OC)c(OC)c3)cc2NC1=O. The van der Waals surface area contributed by atoms with Crippen LogP contribution in [-0.2, 0) is 11.2 Å². The van der Waals surface area contributed by atoms with Gasteiger partial charge in [0.1, 0.15) is 5.75 Å². The number of methoxy groups -OCH3 is 3. The number of nitrogens with one attached hydrogen (secondary N) is 2. The number of carbonyl (C=O) groups is 2. The lowest BCUT2D eigenvalue weighted by molar-refractivity contribution is -0.115. The number of hydrogen-bond acceptors (Lipinski definition) is 6. The zero-order chi connectivity index (χ0) is 24.8. The fourth-order valence-electron chi connectivity index (χ4n) is 3.69. The maximum absolute atomic E-state index is 12.7. The van der Waals surface area contributed by atoms with Crippen molar-refractivity contribution in [1.82, 2.24) is 5.32 Å². The zero-order valence-corrected chi connectivity index (χ0v) is 19.7. The first kappa shape index (κ1) is 23.7. The molecule has 3 aromatic rings.